The number of H-pyrrole nitrogens is 1. The van der Waals surface area contributed by atoms with Crippen molar-refractivity contribution in [1.29, 1.82) is 0 Å². The molecule has 8 heteroatoms. The number of rotatable bonds is 6. The van der Waals surface area contributed by atoms with E-state index in [9.17, 15) is 4.79 Å². The molecule has 1 aromatic heterocycles. The molecule has 2 N–H and O–H groups in total. The van der Waals surface area contributed by atoms with Gasteiger partial charge in [0.1, 0.15) is 6.33 Å². The normalized spacial score (nSPS) is 14.0. The topological polar surface area (TPSA) is 73.9 Å². The molecular formula is C21H22ClN5OS. The van der Waals surface area contributed by atoms with E-state index in [0.717, 1.165) is 35.2 Å². The Morgan fingerprint density at radius 1 is 1.14 bits per heavy atom. The van der Waals surface area contributed by atoms with E-state index in [-0.39, 0.29) is 5.91 Å². The molecule has 29 heavy (non-hydrogen) atoms. The van der Waals surface area contributed by atoms with Gasteiger partial charge in [0, 0.05) is 30.1 Å². The number of aromatic amines is 1. The quantitative estimate of drug-likeness (QED) is 0.542. The highest BCUT2D eigenvalue weighted by Gasteiger charge is 2.15. The lowest BCUT2D eigenvalue weighted by molar-refractivity contribution is 0.102. The predicted molar refractivity (Wildman–Crippen MR) is 118 cm³/mol. The number of piperidine rings is 1. The maximum absolute atomic E-state index is 12.6. The first-order valence-corrected chi connectivity index (χ1v) is 11.0. The molecule has 0 unspecified atom stereocenters. The van der Waals surface area contributed by atoms with Gasteiger partial charge in [0.15, 0.2) is 5.16 Å². The molecule has 0 saturated carbocycles. The third-order valence-electron chi connectivity index (χ3n) is 4.89. The second kappa shape index (κ2) is 9.33. The maximum atomic E-state index is 12.6. The first kappa shape index (κ1) is 19.8. The number of thioether (sulfide) groups is 1. The monoisotopic (exact) mass is 427 g/mol. The van der Waals surface area contributed by atoms with E-state index in [1.807, 2.05) is 42.5 Å². The van der Waals surface area contributed by atoms with Crippen molar-refractivity contribution in [3.63, 3.8) is 0 Å². The summed E-state index contributed by atoms with van der Waals surface area (Å²) in [5.41, 5.74) is 3.45. The van der Waals surface area contributed by atoms with E-state index < -0.39 is 0 Å². The second-order valence-electron chi connectivity index (χ2n) is 6.94. The van der Waals surface area contributed by atoms with E-state index >= 15 is 0 Å². The van der Waals surface area contributed by atoms with E-state index in [4.69, 9.17) is 11.6 Å². The molecule has 150 valence electrons. The van der Waals surface area contributed by atoms with Crippen LogP contribution in [0.15, 0.2) is 53.9 Å². The fourth-order valence-electron chi connectivity index (χ4n) is 3.35. The Kier molecular flexibility index (Phi) is 6.36. The molecule has 2 heterocycles. The molecule has 0 spiro atoms. The van der Waals surface area contributed by atoms with Gasteiger partial charge in [-0.1, -0.05) is 35.5 Å². The number of halogens is 1. The average Bonchev–Trinajstić information content (AvgIpc) is 3.27. The molecule has 1 aliphatic heterocycles. The predicted octanol–water partition coefficient (Wildman–Crippen LogP) is 4.99. The molecule has 6 nitrogen and oxygen atoms in total. The fourth-order valence-corrected chi connectivity index (χ4v) is 4.38. The van der Waals surface area contributed by atoms with Crippen molar-refractivity contribution >= 4 is 40.6 Å². The lowest BCUT2D eigenvalue weighted by Crippen LogP contribution is -2.29. The molecule has 1 aliphatic rings. The van der Waals surface area contributed by atoms with Crippen LogP contribution in [0.4, 0.5) is 11.4 Å². The van der Waals surface area contributed by atoms with Crippen LogP contribution in [0.25, 0.3) is 0 Å². The number of aromatic nitrogens is 3. The SMILES string of the molecule is O=C(Nc1ccc(N2CCCCC2)c(Cl)c1)c1ccc(CSc2ncn[nH]2)cc1. The Bertz CT molecular complexity index is 956. The summed E-state index contributed by atoms with van der Waals surface area (Å²) in [4.78, 5) is 19.0. The number of carbonyl (C=O) groups is 1. The number of nitrogens with one attached hydrogen (secondary N) is 2. The van der Waals surface area contributed by atoms with Crippen molar-refractivity contribution in [2.24, 2.45) is 0 Å². The van der Waals surface area contributed by atoms with Crippen LogP contribution in [0.1, 0.15) is 35.2 Å². The molecule has 0 radical (unpaired) electrons. The third-order valence-corrected chi connectivity index (χ3v) is 6.14. The van der Waals surface area contributed by atoms with Crippen molar-refractivity contribution < 1.29 is 4.79 Å². The van der Waals surface area contributed by atoms with Gasteiger partial charge in [-0.25, -0.2) is 4.98 Å². The van der Waals surface area contributed by atoms with Crippen LogP contribution < -0.4 is 10.2 Å². The highest BCUT2D eigenvalue weighted by atomic mass is 35.5. The van der Waals surface area contributed by atoms with Crippen LogP contribution in [0, 0.1) is 0 Å². The van der Waals surface area contributed by atoms with E-state index in [1.54, 1.807) is 11.8 Å². The number of nitrogens with zero attached hydrogens (tertiary/aromatic N) is 3. The summed E-state index contributed by atoms with van der Waals surface area (Å²) in [6.45, 7) is 2.07. The third kappa shape index (κ3) is 5.10. The molecule has 4 rings (SSSR count). The minimum absolute atomic E-state index is 0.152. The van der Waals surface area contributed by atoms with Crippen molar-refractivity contribution in [3.8, 4) is 0 Å². The van der Waals surface area contributed by atoms with Crippen LogP contribution in [0.5, 0.6) is 0 Å². The summed E-state index contributed by atoms with van der Waals surface area (Å²) in [5.74, 6) is 0.603. The van der Waals surface area contributed by atoms with Gasteiger partial charge in [-0.15, -0.1) is 0 Å². The van der Waals surface area contributed by atoms with Gasteiger partial charge < -0.3 is 10.2 Å². The molecule has 2 aromatic carbocycles. The van der Waals surface area contributed by atoms with Crippen molar-refractivity contribution in [3.05, 3.63) is 64.9 Å². The maximum Gasteiger partial charge on any atom is 0.255 e. The van der Waals surface area contributed by atoms with E-state index in [1.165, 1.54) is 25.6 Å². The zero-order chi connectivity index (χ0) is 20.1. The first-order valence-electron chi connectivity index (χ1n) is 9.62. The lowest BCUT2D eigenvalue weighted by Gasteiger charge is -2.29. The molecule has 0 bridgehead atoms. The Hall–Kier alpha value is -2.51. The summed E-state index contributed by atoms with van der Waals surface area (Å²) in [7, 11) is 0. The zero-order valence-electron chi connectivity index (χ0n) is 15.9. The summed E-state index contributed by atoms with van der Waals surface area (Å²) >= 11 is 8.05. The largest absolute Gasteiger partial charge is 0.370 e. The molecule has 1 saturated heterocycles. The number of hydrogen-bond donors (Lipinski definition) is 2. The van der Waals surface area contributed by atoms with Crippen molar-refractivity contribution in [1.82, 2.24) is 15.2 Å². The molecule has 0 aliphatic carbocycles. The number of hydrogen-bond acceptors (Lipinski definition) is 5. The van der Waals surface area contributed by atoms with Gasteiger partial charge in [-0.3, -0.25) is 9.89 Å². The minimum Gasteiger partial charge on any atom is -0.370 e. The minimum atomic E-state index is -0.152. The smallest absolute Gasteiger partial charge is 0.255 e. The van der Waals surface area contributed by atoms with Crippen LogP contribution in [-0.4, -0.2) is 34.2 Å². The Morgan fingerprint density at radius 3 is 2.62 bits per heavy atom. The molecule has 1 fully saturated rings. The van der Waals surface area contributed by atoms with Gasteiger partial charge in [-0.05, 0) is 55.2 Å². The molecule has 0 atom stereocenters. The Balaban J connectivity index is 1.36. The zero-order valence-corrected chi connectivity index (χ0v) is 17.5. The van der Waals surface area contributed by atoms with Gasteiger partial charge in [0.25, 0.3) is 5.91 Å². The molecule has 3 aromatic rings. The number of amides is 1. The summed E-state index contributed by atoms with van der Waals surface area (Å²) < 4.78 is 0. The molecule has 1 amide bonds. The van der Waals surface area contributed by atoms with E-state index in [0.29, 0.717) is 16.3 Å². The molecular weight excluding hydrogens is 406 g/mol. The Labute approximate surface area is 179 Å². The summed E-state index contributed by atoms with van der Waals surface area (Å²) in [6.07, 6.45) is 5.16. The fraction of sp³-hybridized carbons (Fsp3) is 0.286. The second-order valence-corrected chi connectivity index (χ2v) is 8.32. The van der Waals surface area contributed by atoms with Crippen LogP contribution >= 0.6 is 23.4 Å². The highest BCUT2D eigenvalue weighted by Crippen LogP contribution is 2.31. The van der Waals surface area contributed by atoms with Gasteiger partial charge in [0.2, 0.25) is 0 Å². The number of carbonyl (C=O) groups excluding carboxylic acids is 1. The van der Waals surface area contributed by atoms with Crippen molar-refractivity contribution in [2.75, 3.05) is 23.3 Å². The van der Waals surface area contributed by atoms with Gasteiger partial charge >= 0.3 is 0 Å². The van der Waals surface area contributed by atoms with Crippen LogP contribution in [-0.2, 0) is 5.75 Å². The summed E-state index contributed by atoms with van der Waals surface area (Å²) in [6, 6.07) is 13.3. The van der Waals surface area contributed by atoms with Crippen molar-refractivity contribution in [2.45, 2.75) is 30.2 Å². The first-order chi connectivity index (χ1) is 14.2. The van der Waals surface area contributed by atoms with Crippen LogP contribution in [0.3, 0.4) is 0 Å². The van der Waals surface area contributed by atoms with Gasteiger partial charge in [-0.2, -0.15) is 5.10 Å². The Morgan fingerprint density at radius 2 is 1.93 bits per heavy atom. The van der Waals surface area contributed by atoms with Crippen LogP contribution in [0.2, 0.25) is 5.02 Å². The number of benzene rings is 2. The standard InChI is InChI=1S/C21H22ClN5OS/c22-18-12-17(8-9-19(18)27-10-2-1-3-11-27)25-20(28)16-6-4-15(5-7-16)13-29-21-23-14-24-26-21/h4-9,12,14H,1-3,10-11,13H2,(H,25,28)(H,23,24,26). The number of anilines is 2. The lowest BCUT2D eigenvalue weighted by atomic mass is 10.1. The summed E-state index contributed by atoms with van der Waals surface area (Å²) in [5, 5.41) is 11.0. The highest BCUT2D eigenvalue weighted by molar-refractivity contribution is 7.98. The van der Waals surface area contributed by atoms with Gasteiger partial charge in [0.05, 0.1) is 10.7 Å². The average molecular weight is 428 g/mol. The van der Waals surface area contributed by atoms with E-state index in [2.05, 4.69) is 25.4 Å².